The molecule has 0 aromatic rings. The van der Waals surface area contributed by atoms with Crippen molar-refractivity contribution in [3.63, 3.8) is 0 Å². The van der Waals surface area contributed by atoms with E-state index in [0.717, 1.165) is 19.3 Å². The van der Waals surface area contributed by atoms with Crippen LogP contribution in [0.25, 0.3) is 0 Å². The Hall–Kier alpha value is -0.730. The lowest BCUT2D eigenvalue weighted by Gasteiger charge is -2.12. The third-order valence-corrected chi connectivity index (χ3v) is 9.30. The van der Waals surface area contributed by atoms with Crippen molar-refractivity contribution in [2.75, 3.05) is 40.5 Å². The minimum absolute atomic E-state index is 0.136. The van der Waals surface area contributed by atoms with Gasteiger partial charge in [-0.15, -0.1) is 0 Å². The van der Waals surface area contributed by atoms with Gasteiger partial charge in [0, 0.05) is 26.2 Å². The maximum Gasteiger partial charge on any atom is 0.307 e. The summed E-state index contributed by atoms with van der Waals surface area (Å²) in [5.74, 6) is -0.214. The highest BCUT2D eigenvalue weighted by atomic mass is 16.6. The number of carbonyl (C=O) groups is 1. The molecular formula is C42H87NO6. The van der Waals surface area contributed by atoms with Gasteiger partial charge in [0.25, 0.3) is 0 Å². The van der Waals surface area contributed by atoms with Gasteiger partial charge in [0.2, 0.25) is 0 Å². The maximum absolute atomic E-state index is 11.2. The molecular weight excluding hydrogens is 614 g/mol. The minimum Gasteiger partial charge on any atom is -0.463 e. The fourth-order valence-corrected chi connectivity index (χ4v) is 5.99. The first-order valence-corrected chi connectivity index (χ1v) is 21.3. The first-order chi connectivity index (χ1) is 23.9. The molecule has 0 bridgehead atoms. The number of aliphatic hydroxyl groups excluding tert-OH is 3. The molecule has 1 aliphatic rings. The monoisotopic (exact) mass is 702 g/mol. The van der Waals surface area contributed by atoms with Gasteiger partial charge in [-0.1, -0.05) is 181 Å². The second-order valence-corrected chi connectivity index (χ2v) is 14.7. The van der Waals surface area contributed by atoms with Crippen LogP contribution in [-0.2, 0) is 14.3 Å². The predicted octanol–water partition coefficient (Wildman–Crippen LogP) is 10.9. The summed E-state index contributed by atoms with van der Waals surface area (Å²) in [5, 5.41) is 26.4. The van der Waals surface area contributed by atoms with Gasteiger partial charge in [0.1, 0.15) is 6.61 Å². The number of hydrogen-bond donors (Lipinski definition) is 3. The summed E-state index contributed by atoms with van der Waals surface area (Å²) in [5.41, 5.74) is 0. The number of unbranched alkanes of at least 4 members (excludes halogenated alkanes) is 26. The molecule has 1 heterocycles. The smallest absolute Gasteiger partial charge is 0.307 e. The zero-order chi connectivity index (χ0) is 36.5. The Bertz CT molecular complexity index is 562. The number of carbonyl (C=O) groups excluding carboxylic acids is 1. The van der Waals surface area contributed by atoms with E-state index < -0.39 is 6.29 Å². The zero-order valence-corrected chi connectivity index (χ0v) is 33.4. The molecule has 7 nitrogen and oxygen atoms in total. The van der Waals surface area contributed by atoms with E-state index in [1.165, 1.54) is 167 Å². The van der Waals surface area contributed by atoms with E-state index in [1.54, 1.807) is 0 Å². The summed E-state index contributed by atoms with van der Waals surface area (Å²) in [4.78, 5) is 13.1. The molecule has 49 heavy (non-hydrogen) atoms. The number of aliphatic hydroxyl groups is 3. The molecule has 7 heteroatoms. The molecule has 3 N–H and O–H groups in total. The highest BCUT2D eigenvalue weighted by Gasteiger charge is 2.24. The van der Waals surface area contributed by atoms with Gasteiger partial charge in [0.15, 0.2) is 6.29 Å². The van der Waals surface area contributed by atoms with E-state index in [9.17, 15) is 4.79 Å². The normalized spacial score (nSPS) is 15.5. The Morgan fingerprint density at radius 2 is 0.898 bits per heavy atom. The molecule has 1 rings (SSSR count). The molecule has 0 radical (unpaired) electrons. The molecule has 2 unspecified atom stereocenters. The van der Waals surface area contributed by atoms with Gasteiger partial charge >= 0.3 is 5.97 Å². The van der Waals surface area contributed by atoms with E-state index in [2.05, 4.69) is 13.8 Å². The first-order valence-electron chi connectivity index (χ1n) is 21.3. The molecule has 0 amide bonds. The van der Waals surface area contributed by atoms with Crippen LogP contribution in [0.1, 0.15) is 213 Å². The molecule has 1 aliphatic heterocycles. The number of rotatable bonds is 33. The number of ether oxygens (including phenoxy) is 2. The van der Waals surface area contributed by atoms with Crippen LogP contribution in [0.4, 0.5) is 0 Å². The number of hydrogen-bond acceptors (Lipinski definition) is 7. The number of nitrogens with zero attached hydrogens (tertiary/aromatic N) is 1. The van der Waals surface area contributed by atoms with Gasteiger partial charge < -0.3 is 29.7 Å². The second-order valence-electron chi connectivity index (χ2n) is 14.7. The SMILES string of the molecule is CCCCCCCCCCCCCCCCO.CCCCCCCCCCCCCCCCO.CN(C)CCC(=O)OCC1CCC(O)O1. The van der Waals surface area contributed by atoms with Crippen LogP contribution < -0.4 is 0 Å². The molecule has 0 aromatic carbocycles. The van der Waals surface area contributed by atoms with Crippen molar-refractivity contribution in [3.05, 3.63) is 0 Å². The van der Waals surface area contributed by atoms with Crippen molar-refractivity contribution >= 4 is 5.97 Å². The van der Waals surface area contributed by atoms with E-state index in [1.807, 2.05) is 19.0 Å². The summed E-state index contributed by atoms with van der Waals surface area (Å²) >= 11 is 0. The third kappa shape index (κ3) is 45.2. The fraction of sp³-hybridized carbons (Fsp3) is 0.976. The van der Waals surface area contributed by atoms with Crippen molar-refractivity contribution in [3.8, 4) is 0 Å². The molecule has 1 fully saturated rings. The van der Waals surface area contributed by atoms with Crippen LogP contribution in [0.5, 0.6) is 0 Å². The first kappa shape index (κ1) is 50.4. The Labute approximate surface area is 305 Å². The molecule has 0 saturated carbocycles. The van der Waals surface area contributed by atoms with Crippen LogP contribution in [0, 0.1) is 0 Å². The summed E-state index contributed by atoms with van der Waals surface area (Å²) in [6.07, 6.45) is 39.4. The summed E-state index contributed by atoms with van der Waals surface area (Å²) in [6.45, 7) is 6.24. The average Bonchev–Trinajstić information content (AvgIpc) is 3.52. The van der Waals surface area contributed by atoms with Crippen molar-refractivity contribution in [2.24, 2.45) is 0 Å². The van der Waals surface area contributed by atoms with Crippen molar-refractivity contribution in [1.82, 2.24) is 4.90 Å². The lowest BCUT2D eigenvalue weighted by Crippen LogP contribution is -2.22. The van der Waals surface area contributed by atoms with Gasteiger partial charge in [-0.05, 0) is 33.4 Å². The van der Waals surface area contributed by atoms with Gasteiger partial charge in [0.05, 0.1) is 12.5 Å². The molecule has 2 atom stereocenters. The highest BCUT2D eigenvalue weighted by molar-refractivity contribution is 5.69. The third-order valence-electron chi connectivity index (χ3n) is 9.30. The zero-order valence-electron chi connectivity index (χ0n) is 33.4. The second kappa shape index (κ2) is 43.4. The number of esters is 1. The van der Waals surface area contributed by atoms with Crippen molar-refractivity contribution in [1.29, 1.82) is 0 Å². The Balaban J connectivity index is 0. The highest BCUT2D eigenvalue weighted by Crippen LogP contribution is 2.18. The molecule has 0 aliphatic carbocycles. The van der Waals surface area contributed by atoms with Crippen LogP contribution in [-0.4, -0.2) is 79.0 Å². The van der Waals surface area contributed by atoms with Crippen LogP contribution in [0.3, 0.4) is 0 Å². The molecule has 0 aromatic heterocycles. The van der Waals surface area contributed by atoms with Gasteiger partial charge in [-0.2, -0.15) is 0 Å². The maximum atomic E-state index is 11.2. The van der Waals surface area contributed by atoms with Crippen LogP contribution in [0.15, 0.2) is 0 Å². The largest absolute Gasteiger partial charge is 0.463 e. The van der Waals surface area contributed by atoms with Crippen LogP contribution >= 0.6 is 0 Å². The lowest BCUT2D eigenvalue weighted by molar-refractivity contribution is -0.152. The van der Waals surface area contributed by atoms with Crippen molar-refractivity contribution in [2.45, 2.75) is 225 Å². The van der Waals surface area contributed by atoms with Gasteiger partial charge in [-0.3, -0.25) is 4.79 Å². The Morgan fingerprint density at radius 3 is 1.16 bits per heavy atom. The van der Waals surface area contributed by atoms with E-state index in [0.29, 0.717) is 32.6 Å². The lowest BCUT2D eigenvalue weighted by atomic mass is 10.0. The minimum atomic E-state index is -0.685. The standard InChI is InChI=1S/2C16H34O.C10H19NO4/c2*1-2-3-4-5-6-7-8-9-10-11-12-13-14-15-16-17;1-11(2)6-5-9(12)14-7-8-3-4-10(13)15-8/h2*17H,2-16H2,1H3;8,10,13H,3-7H2,1-2H3. The van der Waals surface area contributed by atoms with E-state index in [4.69, 9.17) is 24.8 Å². The van der Waals surface area contributed by atoms with Crippen LogP contribution in [0.2, 0.25) is 0 Å². The van der Waals surface area contributed by atoms with E-state index >= 15 is 0 Å². The van der Waals surface area contributed by atoms with Crippen molar-refractivity contribution < 1.29 is 29.6 Å². The summed E-state index contributed by atoms with van der Waals surface area (Å²) in [7, 11) is 3.81. The Morgan fingerprint density at radius 1 is 0.571 bits per heavy atom. The molecule has 0 spiro atoms. The quantitative estimate of drug-likeness (QED) is 0.0462. The van der Waals surface area contributed by atoms with Gasteiger partial charge in [-0.25, -0.2) is 0 Å². The average molecular weight is 702 g/mol. The summed E-state index contributed by atoms with van der Waals surface area (Å²) < 4.78 is 10.1. The Kier molecular flexibility index (Phi) is 44.7. The topological polar surface area (TPSA) is 99.5 Å². The predicted molar refractivity (Wildman–Crippen MR) is 209 cm³/mol. The molecule has 296 valence electrons. The molecule has 1 saturated heterocycles. The van der Waals surface area contributed by atoms with E-state index in [-0.39, 0.29) is 18.7 Å². The fourth-order valence-electron chi connectivity index (χ4n) is 5.99. The summed E-state index contributed by atoms with van der Waals surface area (Å²) in [6, 6.07) is 0.